The summed E-state index contributed by atoms with van der Waals surface area (Å²) < 4.78 is 15.4. The van der Waals surface area contributed by atoms with Crippen LogP contribution in [0.3, 0.4) is 0 Å². The van der Waals surface area contributed by atoms with Gasteiger partial charge in [-0.25, -0.2) is 4.79 Å². The fourth-order valence-corrected chi connectivity index (χ4v) is 2.01. The van der Waals surface area contributed by atoms with Crippen LogP contribution < -0.4 is 9.47 Å². The van der Waals surface area contributed by atoms with E-state index in [1.54, 1.807) is 18.2 Å². The molecule has 0 aliphatic rings. The maximum absolute atomic E-state index is 12.0. The van der Waals surface area contributed by atoms with Gasteiger partial charge in [0.2, 0.25) is 0 Å². The van der Waals surface area contributed by atoms with Crippen molar-refractivity contribution in [2.24, 2.45) is 0 Å². The minimum Gasteiger partial charge on any atom is -0.493 e. The highest BCUT2D eigenvalue weighted by Crippen LogP contribution is 2.28. The third-order valence-electron chi connectivity index (χ3n) is 3.32. The van der Waals surface area contributed by atoms with E-state index in [4.69, 9.17) is 14.2 Å². The van der Waals surface area contributed by atoms with Gasteiger partial charge in [-0.2, -0.15) is 0 Å². The fraction of sp³-hybridized carbons (Fsp3) is 0.316. The topological polar surface area (TPSA) is 82.1 Å². The average molecular weight is 361 g/mol. The van der Waals surface area contributed by atoms with E-state index >= 15 is 0 Å². The second-order valence-corrected chi connectivity index (χ2v) is 5.25. The molecule has 0 unspecified atom stereocenters. The molecule has 0 saturated carbocycles. The number of amides is 1. The van der Waals surface area contributed by atoms with Crippen molar-refractivity contribution >= 4 is 17.7 Å². The summed E-state index contributed by atoms with van der Waals surface area (Å²) in [6.45, 7) is 8.44. The Bertz CT molecular complexity index is 673. The van der Waals surface area contributed by atoms with Crippen LogP contribution in [0.1, 0.15) is 17.3 Å². The number of ketones is 1. The van der Waals surface area contributed by atoms with Crippen LogP contribution in [0, 0.1) is 0 Å². The van der Waals surface area contributed by atoms with Gasteiger partial charge in [0, 0.05) is 18.7 Å². The first-order valence-electron chi connectivity index (χ1n) is 7.89. The molecule has 0 spiro atoms. The van der Waals surface area contributed by atoms with Crippen LogP contribution in [0.15, 0.2) is 43.5 Å². The molecular weight excluding hydrogens is 338 g/mol. The molecule has 1 rings (SSSR count). The summed E-state index contributed by atoms with van der Waals surface area (Å²) in [5, 5.41) is 0. The maximum Gasteiger partial charge on any atom is 0.344 e. The van der Waals surface area contributed by atoms with Crippen LogP contribution in [0.2, 0.25) is 0 Å². The van der Waals surface area contributed by atoms with E-state index in [1.165, 1.54) is 31.1 Å². The van der Waals surface area contributed by atoms with Gasteiger partial charge in [-0.05, 0) is 25.1 Å². The molecule has 26 heavy (non-hydrogen) atoms. The third-order valence-corrected chi connectivity index (χ3v) is 3.32. The minimum atomic E-state index is -0.701. The van der Waals surface area contributed by atoms with Crippen LogP contribution in [-0.4, -0.2) is 56.0 Å². The van der Waals surface area contributed by atoms with Gasteiger partial charge < -0.3 is 19.1 Å². The van der Waals surface area contributed by atoms with Gasteiger partial charge in [-0.1, -0.05) is 12.2 Å². The van der Waals surface area contributed by atoms with Crippen molar-refractivity contribution in [1.82, 2.24) is 4.90 Å². The number of ether oxygens (including phenoxy) is 3. The molecule has 7 nitrogen and oxygen atoms in total. The van der Waals surface area contributed by atoms with Crippen LogP contribution in [0.5, 0.6) is 11.5 Å². The largest absolute Gasteiger partial charge is 0.493 e. The molecule has 0 bridgehead atoms. The number of carbonyl (C=O) groups is 3. The Morgan fingerprint density at radius 1 is 1.08 bits per heavy atom. The molecule has 1 aromatic carbocycles. The predicted molar refractivity (Wildman–Crippen MR) is 96.4 cm³/mol. The van der Waals surface area contributed by atoms with Gasteiger partial charge in [0.05, 0.1) is 7.11 Å². The van der Waals surface area contributed by atoms with Gasteiger partial charge in [0.1, 0.15) is 0 Å². The van der Waals surface area contributed by atoms with E-state index in [-0.39, 0.29) is 11.7 Å². The quantitative estimate of drug-likeness (QED) is 0.341. The van der Waals surface area contributed by atoms with Crippen molar-refractivity contribution in [2.45, 2.75) is 6.92 Å². The molecular formula is C19H23NO6. The van der Waals surface area contributed by atoms with Crippen molar-refractivity contribution in [2.75, 3.05) is 33.4 Å². The Labute approximate surface area is 152 Å². The van der Waals surface area contributed by atoms with Gasteiger partial charge in [0.25, 0.3) is 5.91 Å². The van der Waals surface area contributed by atoms with Crippen molar-refractivity contribution in [3.05, 3.63) is 49.1 Å². The predicted octanol–water partition coefficient (Wildman–Crippen LogP) is 2.02. The highest BCUT2D eigenvalue weighted by atomic mass is 16.6. The summed E-state index contributed by atoms with van der Waals surface area (Å²) in [7, 11) is 1.43. The van der Waals surface area contributed by atoms with E-state index in [0.29, 0.717) is 30.2 Å². The number of hydrogen-bond acceptors (Lipinski definition) is 6. The second-order valence-electron chi connectivity index (χ2n) is 5.25. The lowest BCUT2D eigenvalue weighted by Crippen LogP contribution is -2.35. The van der Waals surface area contributed by atoms with Crippen LogP contribution in [0.25, 0.3) is 0 Å². The van der Waals surface area contributed by atoms with Gasteiger partial charge in [-0.3, -0.25) is 9.59 Å². The molecule has 0 aromatic heterocycles. The van der Waals surface area contributed by atoms with Crippen molar-refractivity contribution in [1.29, 1.82) is 0 Å². The molecule has 0 N–H and O–H groups in total. The first-order valence-corrected chi connectivity index (χ1v) is 7.89. The second kappa shape index (κ2) is 10.7. The first-order chi connectivity index (χ1) is 12.4. The smallest absolute Gasteiger partial charge is 0.344 e. The average Bonchev–Trinajstić information content (AvgIpc) is 2.63. The van der Waals surface area contributed by atoms with E-state index in [9.17, 15) is 14.4 Å². The molecule has 0 aliphatic heterocycles. The number of benzene rings is 1. The highest BCUT2D eigenvalue weighted by molar-refractivity contribution is 5.94. The van der Waals surface area contributed by atoms with Crippen molar-refractivity contribution < 1.29 is 28.6 Å². The lowest BCUT2D eigenvalue weighted by Gasteiger charge is -2.19. The Kier molecular flexibility index (Phi) is 8.63. The summed E-state index contributed by atoms with van der Waals surface area (Å²) in [5.74, 6) is -0.559. The number of esters is 1. The standard InChI is InChI=1S/C19H23NO6/c1-5-9-20(10-6-2)18(22)12-26-19(23)13-25-16-8-7-15(14(3)21)11-17(16)24-4/h5-8,11H,1-2,9-10,12-13H2,3-4H3. The molecule has 1 aromatic rings. The molecule has 0 aliphatic carbocycles. The third kappa shape index (κ3) is 6.43. The van der Waals surface area contributed by atoms with Gasteiger partial charge in [-0.15, -0.1) is 13.2 Å². The molecule has 140 valence electrons. The molecule has 1 amide bonds. The summed E-state index contributed by atoms with van der Waals surface area (Å²) in [5.41, 5.74) is 0.465. The van der Waals surface area contributed by atoms with E-state index in [2.05, 4.69) is 13.2 Å². The zero-order valence-corrected chi connectivity index (χ0v) is 15.0. The number of carbonyl (C=O) groups excluding carboxylic acids is 3. The molecule has 7 heteroatoms. The van der Waals surface area contributed by atoms with E-state index in [0.717, 1.165) is 0 Å². The summed E-state index contributed by atoms with van der Waals surface area (Å²) >= 11 is 0. The number of methoxy groups -OCH3 is 1. The normalized spacial score (nSPS) is 9.77. The highest BCUT2D eigenvalue weighted by Gasteiger charge is 2.15. The molecule has 0 atom stereocenters. The zero-order chi connectivity index (χ0) is 19.5. The summed E-state index contributed by atoms with van der Waals surface area (Å²) in [6, 6.07) is 4.62. The lowest BCUT2D eigenvalue weighted by atomic mass is 10.1. The minimum absolute atomic E-state index is 0.114. The summed E-state index contributed by atoms with van der Waals surface area (Å²) in [6.07, 6.45) is 3.15. The first kappa shape index (κ1) is 21.0. The molecule has 0 fully saturated rings. The van der Waals surface area contributed by atoms with Crippen molar-refractivity contribution in [3.63, 3.8) is 0 Å². The number of Topliss-reactive ketones (excluding diaryl/α,β-unsaturated/α-hetero) is 1. The maximum atomic E-state index is 12.0. The number of hydrogen-bond donors (Lipinski definition) is 0. The SMILES string of the molecule is C=CCN(CC=C)C(=O)COC(=O)COc1ccc(C(C)=O)cc1OC. The monoisotopic (exact) mass is 361 g/mol. The van der Waals surface area contributed by atoms with Crippen molar-refractivity contribution in [3.8, 4) is 11.5 Å². The Hall–Kier alpha value is -3.09. The van der Waals surface area contributed by atoms with Gasteiger partial charge >= 0.3 is 5.97 Å². The molecule has 0 radical (unpaired) electrons. The van der Waals surface area contributed by atoms with Gasteiger partial charge in [0.15, 0.2) is 30.5 Å². The fourth-order valence-electron chi connectivity index (χ4n) is 2.01. The summed E-state index contributed by atoms with van der Waals surface area (Å²) in [4.78, 5) is 36.6. The Morgan fingerprint density at radius 2 is 1.73 bits per heavy atom. The molecule has 0 heterocycles. The van der Waals surface area contributed by atoms with E-state index in [1.807, 2.05) is 0 Å². The lowest BCUT2D eigenvalue weighted by molar-refractivity contribution is -0.153. The number of rotatable bonds is 11. The van der Waals surface area contributed by atoms with Crippen LogP contribution in [0.4, 0.5) is 0 Å². The number of nitrogens with zero attached hydrogens (tertiary/aromatic N) is 1. The Balaban J connectivity index is 2.56. The van der Waals surface area contributed by atoms with Crippen LogP contribution >= 0.6 is 0 Å². The van der Waals surface area contributed by atoms with E-state index < -0.39 is 19.2 Å². The Morgan fingerprint density at radius 3 is 2.27 bits per heavy atom. The zero-order valence-electron chi connectivity index (χ0n) is 15.0. The molecule has 0 saturated heterocycles. The van der Waals surface area contributed by atoms with Crippen LogP contribution in [-0.2, 0) is 14.3 Å².